The number of fused-ring (bicyclic) bond motifs is 7. The molecule has 3 heterocycles. The largest absolute Gasteiger partial charge is 0.335 e. The average Bonchev–Trinajstić information content (AvgIpc) is 1.47. The highest BCUT2D eigenvalue weighted by atomic mass is 28.3. The highest BCUT2D eigenvalue weighted by Crippen LogP contribution is 2.62. The van der Waals surface area contributed by atoms with Gasteiger partial charge in [-0.05, 0) is 167 Å². The van der Waals surface area contributed by atoms with E-state index in [0.29, 0.717) is 0 Å². The molecule has 6 heteroatoms. The lowest BCUT2D eigenvalue weighted by Gasteiger charge is -2.53. The molecule has 3 nitrogen and oxygen atoms in total. The first-order valence-electron chi connectivity index (χ1n) is 35.4. The van der Waals surface area contributed by atoms with E-state index >= 15 is 0 Å². The summed E-state index contributed by atoms with van der Waals surface area (Å²) in [6.45, 7) is 7.53. The van der Waals surface area contributed by atoms with Crippen LogP contribution in [0.5, 0.6) is 0 Å². The molecule has 4 aliphatic rings. The summed E-state index contributed by atoms with van der Waals surface area (Å²) >= 11 is 0. The molecule has 0 saturated heterocycles. The number of hydrogen-bond donors (Lipinski definition) is 0. The van der Waals surface area contributed by atoms with E-state index in [0.717, 1.165) is 35.6 Å². The van der Waals surface area contributed by atoms with Gasteiger partial charge in [-0.2, -0.15) is 0 Å². The SMILES string of the molecule is Cc1cc2c3c(c1)C1(C)CCCCC1(C)N3c1cc(N(c3ccc([Si](c4ccccc4)(c4ccccc4)c4ccccc4)cc3)c3ccc([Si](c4ccccc4)(c4ccccc4)c4ccccc4)cc3)cc3c1B2c1cc(-c2ccccc2)ccc1N3c1ccc(-c2ccccc2)cc1. The van der Waals surface area contributed by atoms with E-state index in [1.165, 1.54) is 127 Å². The van der Waals surface area contributed by atoms with Crippen LogP contribution in [0.1, 0.15) is 50.7 Å². The zero-order valence-electron chi connectivity index (χ0n) is 56.3. The molecule has 0 amide bonds. The average molecular weight is 1300 g/mol. The zero-order valence-corrected chi connectivity index (χ0v) is 58.3. The third-order valence-corrected chi connectivity index (χ3v) is 32.7. The lowest BCUT2D eigenvalue weighted by molar-refractivity contribution is 0.195. The first-order chi connectivity index (χ1) is 48.8. The maximum atomic E-state index is 2.90. The lowest BCUT2D eigenvalue weighted by atomic mass is 9.33. The third kappa shape index (κ3) is 9.44. The van der Waals surface area contributed by atoms with E-state index in [1.807, 2.05) is 0 Å². The summed E-state index contributed by atoms with van der Waals surface area (Å²) in [6.07, 6.45) is 4.63. The summed E-state index contributed by atoms with van der Waals surface area (Å²) in [5.41, 5.74) is 21.0. The van der Waals surface area contributed by atoms with Crippen LogP contribution in [0.25, 0.3) is 22.3 Å². The predicted molar refractivity (Wildman–Crippen MR) is 426 cm³/mol. The Balaban J connectivity index is 0.922. The molecule has 3 aliphatic heterocycles. The van der Waals surface area contributed by atoms with Gasteiger partial charge >= 0.3 is 0 Å². The van der Waals surface area contributed by atoms with Crippen molar-refractivity contribution in [2.45, 2.75) is 57.4 Å². The highest BCUT2D eigenvalue weighted by Gasteiger charge is 2.61. The molecule has 474 valence electrons. The molecule has 0 N–H and O–H groups in total. The van der Waals surface area contributed by atoms with Crippen molar-refractivity contribution in [2.75, 3.05) is 14.7 Å². The number of anilines is 8. The van der Waals surface area contributed by atoms with Gasteiger partial charge in [0.05, 0.1) is 11.2 Å². The molecule has 14 aromatic rings. The van der Waals surface area contributed by atoms with Crippen molar-refractivity contribution in [3.8, 4) is 22.3 Å². The molecule has 14 aromatic carbocycles. The maximum Gasteiger partial charge on any atom is 0.252 e. The van der Waals surface area contributed by atoms with Crippen LogP contribution in [0.4, 0.5) is 45.5 Å². The number of nitrogens with zero attached hydrogens (tertiary/aromatic N) is 3. The van der Waals surface area contributed by atoms with Crippen molar-refractivity contribution in [3.05, 3.63) is 369 Å². The summed E-state index contributed by atoms with van der Waals surface area (Å²) in [7, 11) is -5.83. The second kappa shape index (κ2) is 24.2. The highest BCUT2D eigenvalue weighted by molar-refractivity contribution is 7.20. The number of aryl methyl sites for hydroxylation is 1. The van der Waals surface area contributed by atoms with Gasteiger partial charge in [0.15, 0.2) is 16.1 Å². The Labute approximate surface area is 585 Å². The third-order valence-electron chi connectivity index (χ3n) is 23.1. The molecule has 18 rings (SSSR count). The molecule has 1 saturated carbocycles. The molecule has 1 aliphatic carbocycles. The molecule has 99 heavy (non-hydrogen) atoms. The van der Waals surface area contributed by atoms with Crippen molar-refractivity contribution in [3.63, 3.8) is 0 Å². The minimum atomic E-state index is -2.91. The van der Waals surface area contributed by atoms with Gasteiger partial charge in [-0.1, -0.05) is 329 Å². The Morgan fingerprint density at radius 1 is 0.333 bits per heavy atom. The van der Waals surface area contributed by atoms with Crippen LogP contribution in [0.3, 0.4) is 0 Å². The Morgan fingerprint density at radius 2 is 0.717 bits per heavy atom. The predicted octanol–water partition coefficient (Wildman–Crippen LogP) is 15.9. The van der Waals surface area contributed by atoms with E-state index in [4.69, 9.17) is 0 Å². The van der Waals surface area contributed by atoms with E-state index in [1.54, 1.807) is 0 Å². The van der Waals surface area contributed by atoms with Crippen molar-refractivity contribution >= 4 is 126 Å². The Bertz CT molecular complexity index is 4920. The van der Waals surface area contributed by atoms with Crippen LogP contribution in [0, 0.1) is 6.92 Å². The van der Waals surface area contributed by atoms with E-state index < -0.39 is 16.1 Å². The molecule has 1 fully saturated rings. The summed E-state index contributed by atoms with van der Waals surface area (Å²) < 4.78 is 0. The molecular formula is C93H76BN3Si2. The van der Waals surface area contributed by atoms with Gasteiger partial charge in [0, 0.05) is 45.2 Å². The van der Waals surface area contributed by atoms with Gasteiger partial charge in [0.1, 0.15) is 0 Å². The first-order valence-corrected chi connectivity index (χ1v) is 39.4. The Hall–Kier alpha value is -11.0. The second-order valence-electron chi connectivity index (χ2n) is 28.2. The summed E-state index contributed by atoms with van der Waals surface area (Å²) in [5, 5.41) is 10.8. The van der Waals surface area contributed by atoms with Crippen molar-refractivity contribution in [1.82, 2.24) is 0 Å². The summed E-state index contributed by atoms with van der Waals surface area (Å²) in [4.78, 5) is 8.13. The zero-order chi connectivity index (χ0) is 66.3. The van der Waals surface area contributed by atoms with Gasteiger partial charge in [-0.15, -0.1) is 0 Å². The normalized spacial score (nSPS) is 16.5. The maximum absolute atomic E-state index is 2.91. The van der Waals surface area contributed by atoms with Gasteiger partial charge in [0.25, 0.3) is 6.71 Å². The summed E-state index contributed by atoms with van der Waals surface area (Å²) in [6, 6.07) is 137. The smallest absolute Gasteiger partial charge is 0.252 e. The van der Waals surface area contributed by atoms with Gasteiger partial charge in [-0.25, -0.2) is 0 Å². The van der Waals surface area contributed by atoms with Gasteiger partial charge in [-0.3, -0.25) is 0 Å². The van der Waals surface area contributed by atoms with E-state index in [-0.39, 0.29) is 17.7 Å². The fraction of sp³-hybridized carbons (Fsp3) is 0.0968. The monoisotopic (exact) mass is 1300 g/mol. The second-order valence-corrected chi connectivity index (χ2v) is 35.9. The Kier molecular flexibility index (Phi) is 14.8. The van der Waals surface area contributed by atoms with Crippen LogP contribution in [0.15, 0.2) is 358 Å². The van der Waals surface area contributed by atoms with Crippen LogP contribution in [-0.2, 0) is 5.41 Å². The molecule has 0 radical (unpaired) electrons. The van der Waals surface area contributed by atoms with E-state index in [2.05, 4.69) is 393 Å². The minimum absolute atomic E-state index is 0.0501. The molecule has 0 spiro atoms. The number of benzene rings is 14. The molecule has 0 bridgehead atoms. The fourth-order valence-electron chi connectivity index (χ4n) is 18.4. The van der Waals surface area contributed by atoms with Crippen LogP contribution in [0.2, 0.25) is 0 Å². The number of hydrogen-bond acceptors (Lipinski definition) is 3. The van der Waals surface area contributed by atoms with Crippen molar-refractivity contribution in [2.24, 2.45) is 0 Å². The fourth-order valence-corrected chi connectivity index (χ4v) is 27.9. The van der Waals surface area contributed by atoms with Crippen LogP contribution in [-0.4, -0.2) is 28.4 Å². The number of rotatable bonds is 14. The van der Waals surface area contributed by atoms with Crippen LogP contribution >= 0.6 is 0 Å². The molecule has 2 atom stereocenters. The van der Waals surface area contributed by atoms with Crippen molar-refractivity contribution < 1.29 is 0 Å². The van der Waals surface area contributed by atoms with Crippen LogP contribution < -0.4 is 72.6 Å². The first kappa shape index (κ1) is 60.4. The van der Waals surface area contributed by atoms with E-state index in [9.17, 15) is 0 Å². The van der Waals surface area contributed by atoms with Crippen molar-refractivity contribution in [1.29, 1.82) is 0 Å². The molecular weight excluding hydrogens is 1230 g/mol. The quantitative estimate of drug-likeness (QED) is 0.0794. The molecule has 2 unspecified atom stereocenters. The Morgan fingerprint density at radius 3 is 1.17 bits per heavy atom. The lowest BCUT2D eigenvalue weighted by Crippen LogP contribution is -2.74. The minimum Gasteiger partial charge on any atom is -0.335 e. The van der Waals surface area contributed by atoms with Gasteiger partial charge in [0.2, 0.25) is 0 Å². The standard InChI is InChI=1S/C93H76BN3Si2/c1-67-62-84-91-86(63-67)94-85-64-71(69-32-14-5-15-33-69)48-59-87(85)96(74-49-46-70(47-50-74)68-30-12-4-13-31-68)88-65-75(66-89(90(88)94)97(91)93(3)61-29-28-60-92(84,93)2)95(72-51-55-82(56-52-72)98(76-34-16-6-17-35-76,77-36-18-7-19-37-77)78-38-20-8-21-39-78)73-53-57-83(58-54-73)99(79-40-22-9-23-41-79,80-42-24-10-25-43-80)81-44-26-11-27-45-81/h4-27,30-59,62-66H,28-29,60-61H2,1-3H3. The summed E-state index contributed by atoms with van der Waals surface area (Å²) in [5.74, 6) is 0. The topological polar surface area (TPSA) is 9.72 Å². The van der Waals surface area contributed by atoms with Gasteiger partial charge < -0.3 is 14.7 Å². The molecule has 0 aromatic heterocycles.